The second kappa shape index (κ2) is 23.2. The number of benzene rings is 14. The van der Waals surface area contributed by atoms with Crippen molar-refractivity contribution in [2.75, 3.05) is 9.80 Å². The van der Waals surface area contributed by atoms with E-state index in [4.69, 9.17) is 8.83 Å². The van der Waals surface area contributed by atoms with Crippen LogP contribution in [0.25, 0.3) is 132 Å². The zero-order valence-corrected chi connectivity index (χ0v) is 62.8. The van der Waals surface area contributed by atoms with Gasteiger partial charge < -0.3 is 27.8 Å². The van der Waals surface area contributed by atoms with Crippen LogP contribution in [0.1, 0.15) is 105 Å². The number of fused-ring (bicyclic) bond motifs is 16. The largest absolute Gasteiger partial charge is 0.456 e. The number of anilines is 6. The Labute approximate surface area is 625 Å². The van der Waals surface area contributed by atoms with Gasteiger partial charge in [-0.15, -0.1) is 0 Å². The van der Waals surface area contributed by atoms with Gasteiger partial charge in [0.15, 0.2) is 0 Å². The van der Waals surface area contributed by atoms with Crippen LogP contribution < -0.4 is 26.2 Å². The highest BCUT2D eigenvalue weighted by Crippen LogP contribution is 2.56. The van der Waals surface area contributed by atoms with Crippen LogP contribution in [0.4, 0.5) is 34.1 Å². The lowest BCUT2D eigenvalue weighted by molar-refractivity contribution is 0.569. The number of hydrogen-bond donors (Lipinski definition) is 0. The van der Waals surface area contributed by atoms with Crippen LogP contribution in [0.2, 0.25) is 0 Å². The topological polar surface area (TPSA) is 42.6 Å². The fourth-order valence-electron chi connectivity index (χ4n) is 17.8. The number of hydrogen-bond acceptors (Lipinski definition) is 4. The van der Waals surface area contributed by atoms with Crippen LogP contribution in [0, 0.1) is 0 Å². The molecule has 6 heterocycles. The van der Waals surface area contributed by atoms with Gasteiger partial charge in [-0.1, -0.05) is 283 Å². The molecule has 18 aromatic rings. The van der Waals surface area contributed by atoms with E-state index in [0.29, 0.717) is 0 Å². The van der Waals surface area contributed by atoms with Gasteiger partial charge in [0.2, 0.25) is 0 Å². The maximum absolute atomic E-state index is 7.24. The summed E-state index contributed by atoms with van der Waals surface area (Å²) in [7, 11) is 0. The predicted molar refractivity (Wildman–Crippen MR) is 455 cm³/mol. The molecule has 7 heteroatoms. The Morgan fingerprint density at radius 1 is 0.252 bits per heavy atom. The molecule has 0 aliphatic carbocycles. The number of para-hydroxylation sites is 9. The van der Waals surface area contributed by atoms with E-state index in [2.05, 4.69) is 387 Å². The third-order valence-corrected chi connectivity index (χ3v) is 23.3. The molecule has 14 aromatic carbocycles. The number of aromatic nitrogens is 2. The first-order valence-electron chi connectivity index (χ1n) is 37.9. The van der Waals surface area contributed by atoms with Crippen molar-refractivity contribution in [1.82, 2.24) is 9.13 Å². The van der Waals surface area contributed by atoms with Gasteiger partial charge >= 0.3 is 0 Å². The van der Waals surface area contributed by atoms with Gasteiger partial charge in [0, 0.05) is 82.5 Å². The van der Waals surface area contributed by atoms with Crippen molar-refractivity contribution in [2.45, 2.75) is 105 Å². The van der Waals surface area contributed by atoms with Gasteiger partial charge in [-0.05, 0) is 162 Å². The highest BCUT2D eigenvalue weighted by Gasteiger charge is 2.47. The molecular weight excluding hydrogens is 1300 g/mol. The van der Waals surface area contributed by atoms with Crippen molar-refractivity contribution in [3.05, 3.63) is 307 Å². The van der Waals surface area contributed by atoms with E-state index in [1.807, 2.05) is 0 Å². The molecule has 0 bridgehead atoms. The zero-order chi connectivity index (χ0) is 72.9. The van der Waals surface area contributed by atoms with Crippen LogP contribution in [-0.4, -0.2) is 15.8 Å². The minimum absolute atomic E-state index is 0.181. The number of furan rings is 2. The summed E-state index contributed by atoms with van der Waals surface area (Å²) in [6.45, 7) is 28.1. The third-order valence-electron chi connectivity index (χ3n) is 23.3. The van der Waals surface area contributed by atoms with Crippen molar-refractivity contribution in [3.8, 4) is 44.8 Å². The third kappa shape index (κ3) is 9.92. The fourth-order valence-corrected chi connectivity index (χ4v) is 17.8. The van der Waals surface area contributed by atoms with E-state index in [9.17, 15) is 0 Å². The molecule has 6 nitrogen and oxygen atoms in total. The van der Waals surface area contributed by atoms with E-state index >= 15 is 0 Å². The summed E-state index contributed by atoms with van der Waals surface area (Å²) in [5.74, 6) is 0. The highest BCUT2D eigenvalue weighted by atomic mass is 16.3. The van der Waals surface area contributed by atoms with Crippen molar-refractivity contribution >= 4 is 145 Å². The standard InChI is InChI=1S/C100H83BN4O2/c1-97(2,3)63-47-50-84-78(58-63)101-79-59-64(98(4,5)6)48-51-85(79)105(95-75(77-37-25-36-76-73-33-18-24-45-91(73)107-96(76)77)35-27-43-87(95)103-82-40-21-15-30-70(82)71-31-16-22-41-83(71)103)89-55-62(61-52-65(99(7,8)9)57-66(53-61)100(10,11)12)54-88(93(89)101)104(84)94-67(60-46-49-74-72-32-17-23-44-90(72)106-92(74)56-60)34-26-42-86(94)102-80-38-19-13-28-68(80)69-29-14-20-39-81(69)102/h13-59H,1-12H3. The second-order valence-electron chi connectivity index (χ2n) is 34.1. The van der Waals surface area contributed by atoms with Gasteiger partial charge in [-0.25, -0.2) is 0 Å². The van der Waals surface area contributed by atoms with E-state index in [1.54, 1.807) is 0 Å². The van der Waals surface area contributed by atoms with Crippen molar-refractivity contribution in [2.24, 2.45) is 0 Å². The van der Waals surface area contributed by atoms with Gasteiger partial charge in [0.05, 0.1) is 44.8 Å². The Balaban J connectivity index is 0.998. The SMILES string of the molecule is CC(C)(C)c1cc(-c2cc3c4c(c2)N(c2c(-c5cccc6c5oc5ccccc56)cccc2-n2c5ccccc5c5ccccc52)c2ccc(C(C)(C)C)cc2B4c2cc(C(C)(C)C)ccc2N3c2c(-c3ccc4c(c3)oc3ccccc34)cccc2-n2c3ccccc3c3ccccc32)cc(C(C)(C)C)c1. The highest BCUT2D eigenvalue weighted by molar-refractivity contribution is 7.00. The summed E-state index contributed by atoms with van der Waals surface area (Å²) in [6, 6.07) is 108. The lowest BCUT2D eigenvalue weighted by Crippen LogP contribution is -2.62. The molecule has 0 atom stereocenters. The van der Waals surface area contributed by atoms with Crippen LogP contribution in [0.5, 0.6) is 0 Å². The monoisotopic (exact) mass is 1380 g/mol. The molecule has 0 saturated heterocycles. The van der Waals surface area contributed by atoms with Crippen LogP contribution in [0.3, 0.4) is 0 Å². The Hall–Kier alpha value is -12.1. The first kappa shape index (κ1) is 64.5. The molecule has 0 unspecified atom stereocenters. The van der Waals surface area contributed by atoms with Crippen molar-refractivity contribution < 1.29 is 8.83 Å². The molecule has 0 spiro atoms. The van der Waals surface area contributed by atoms with Gasteiger partial charge in [-0.3, -0.25) is 0 Å². The van der Waals surface area contributed by atoms with E-state index in [-0.39, 0.29) is 28.4 Å². The molecule has 518 valence electrons. The van der Waals surface area contributed by atoms with E-state index < -0.39 is 0 Å². The van der Waals surface area contributed by atoms with Gasteiger partial charge in [0.25, 0.3) is 6.71 Å². The first-order chi connectivity index (χ1) is 51.6. The average molecular weight is 1380 g/mol. The minimum Gasteiger partial charge on any atom is -0.456 e. The summed E-state index contributed by atoms with van der Waals surface area (Å²) in [6.07, 6.45) is 0. The number of nitrogens with zero attached hydrogens (tertiary/aromatic N) is 4. The molecule has 20 rings (SSSR count). The maximum atomic E-state index is 7.24. The molecule has 2 aliphatic heterocycles. The van der Waals surface area contributed by atoms with Gasteiger partial charge in [-0.2, -0.15) is 0 Å². The Bertz CT molecular complexity index is 6640. The maximum Gasteiger partial charge on any atom is 0.252 e. The quantitative estimate of drug-likeness (QED) is 0.149. The molecule has 0 N–H and O–H groups in total. The first-order valence-corrected chi connectivity index (χ1v) is 37.9. The van der Waals surface area contributed by atoms with E-state index in [0.717, 1.165) is 145 Å². The minimum atomic E-state index is -0.263. The summed E-state index contributed by atoms with van der Waals surface area (Å²) in [4.78, 5) is 5.42. The average Bonchev–Trinajstić information content (AvgIpc) is 0.985. The molecule has 0 saturated carbocycles. The molecule has 107 heavy (non-hydrogen) atoms. The molecule has 4 aromatic heterocycles. The van der Waals surface area contributed by atoms with Crippen molar-refractivity contribution in [1.29, 1.82) is 0 Å². The van der Waals surface area contributed by atoms with Crippen molar-refractivity contribution in [3.63, 3.8) is 0 Å². The van der Waals surface area contributed by atoms with Gasteiger partial charge in [0.1, 0.15) is 22.3 Å². The summed E-state index contributed by atoms with van der Waals surface area (Å²) in [5, 5.41) is 9.14. The lowest BCUT2D eigenvalue weighted by atomic mass is 9.33. The molecule has 0 amide bonds. The van der Waals surface area contributed by atoms with E-state index in [1.165, 1.54) is 60.2 Å². The predicted octanol–water partition coefficient (Wildman–Crippen LogP) is 26.0. The molecule has 0 radical (unpaired) electrons. The van der Waals surface area contributed by atoms with Crippen LogP contribution in [0.15, 0.2) is 294 Å². The zero-order valence-electron chi connectivity index (χ0n) is 62.8. The summed E-state index contributed by atoms with van der Waals surface area (Å²) >= 11 is 0. The number of rotatable bonds is 7. The van der Waals surface area contributed by atoms with Crippen LogP contribution >= 0.6 is 0 Å². The fraction of sp³-hybridized carbons (Fsp3) is 0.160. The molecule has 2 aliphatic rings. The normalized spacial score (nSPS) is 13.4. The Kier molecular flexibility index (Phi) is 14.0. The second-order valence-corrected chi connectivity index (χ2v) is 34.1. The van der Waals surface area contributed by atoms with Crippen LogP contribution in [-0.2, 0) is 21.7 Å². The lowest BCUT2D eigenvalue weighted by Gasteiger charge is -2.46. The molecule has 0 fully saturated rings. The molecular formula is C100H83BN4O2. The summed E-state index contributed by atoms with van der Waals surface area (Å²) < 4.78 is 19.2. The Morgan fingerprint density at radius 3 is 1.14 bits per heavy atom. The smallest absolute Gasteiger partial charge is 0.252 e. The Morgan fingerprint density at radius 2 is 0.645 bits per heavy atom. The summed E-state index contributed by atoms with van der Waals surface area (Å²) in [5.41, 5.74) is 31.1.